The summed E-state index contributed by atoms with van der Waals surface area (Å²) in [5.74, 6) is 0.434. The molecular formula is C17H15BrN4O3S. The predicted octanol–water partition coefficient (Wildman–Crippen LogP) is 3.02. The van der Waals surface area contributed by atoms with Crippen LogP contribution in [0.4, 0.5) is 0 Å². The maximum absolute atomic E-state index is 12.5. The fraction of sp³-hybridized carbons (Fsp3) is 0.235. The largest absolute Gasteiger partial charge is 0.496 e. The third kappa shape index (κ3) is 2.85. The van der Waals surface area contributed by atoms with Gasteiger partial charge in [-0.05, 0) is 52.3 Å². The van der Waals surface area contributed by atoms with Gasteiger partial charge in [0, 0.05) is 0 Å². The van der Waals surface area contributed by atoms with Gasteiger partial charge < -0.3 is 15.2 Å². The van der Waals surface area contributed by atoms with Gasteiger partial charge in [-0.2, -0.15) is 5.26 Å². The van der Waals surface area contributed by atoms with Gasteiger partial charge in [0.05, 0.1) is 36.0 Å². The number of benzene rings is 1. The summed E-state index contributed by atoms with van der Waals surface area (Å²) in [7, 11) is 2.90. The van der Waals surface area contributed by atoms with Gasteiger partial charge in [0.2, 0.25) is 0 Å². The minimum absolute atomic E-state index is 0.266. The van der Waals surface area contributed by atoms with Gasteiger partial charge in [0.1, 0.15) is 22.5 Å². The highest BCUT2D eigenvalue weighted by Gasteiger charge is 2.42. The average molecular weight is 435 g/mol. The van der Waals surface area contributed by atoms with E-state index in [1.807, 2.05) is 12.1 Å². The fourth-order valence-corrected chi connectivity index (χ4v) is 4.35. The Bertz CT molecular complexity index is 932. The second-order valence-corrected chi connectivity index (χ2v) is 7.31. The summed E-state index contributed by atoms with van der Waals surface area (Å²) in [6.45, 7) is 1.74. The molecule has 1 aromatic carbocycles. The van der Waals surface area contributed by atoms with E-state index < -0.39 is 12.0 Å². The third-order valence-corrected chi connectivity index (χ3v) is 5.67. The number of thioether (sulfide) groups is 1. The molecule has 2 N–H and O–H groups in total. The Hall–Kier alpha value is -2.44. The molecule has 2 heterocycles. The zero-order chi connectivity index (χ0) is 19.0. The molecule has 26 heavy (non-hydrogen) atoms. The summed E-state index contributed by atoms with van der Waals surface area (Å²) in [5.41, 5.74) is 7.87. The Morgan fingerprint density at radius 1 is 1.46 bits per heavy atom. The molecule has 7 nitrogen and oxygen atoms in total. The number of hydrogen-bond donors (Lipinski definition) is 1. The van der Waals surface area contributed by atoms with Gasteiger partial charge in [-0.25, -0.2) is 9.79 Å². The number of carbonyl (C=O) groups excluding carboxylic acids is 1. The van der Waals surface area contributed by atoms with Gasteiger partial charge in [-0.1, -0.05) is 6.07 Å². The molecule has 3 rings (SSSR count). The first-order chi connectivity index (χ1) is 12.4. The van der Waals surface area contributed by atoms with Crippen molar-refractivity contribution in [3.63, 3.8) is 0 Å². The van der Waals surface area contributed by atoms with Crippen LogP contribution in [0.3, 0.4) is 0 Å². The number of hydrogen-bond acceptors (Lipinski definition) is 8. The smallest absolute Gasteiger partial charge is 0.338 e. The number of fused-ring (bicyclic) bond motifs is 1. The number of carbonyl (C=O) groups is 1. The summed E-state index contributed by atoms with van der Waals surface area (Å²) in [5, 5.41) is 9.88. The Morgan fingerprint density at radius 3 is 2.77 bits per heavy atom. The van der Waals surface area contributed by atoms with Crippen molar-refractivity contribution in [3.8, 4) is 11.8 Å². The van der Waals surface area contributed by atoms with Crippen LogP contribution in [0.15, 0.2) is 49.7 Å². The van der Waals surface area contributed by atoms with E-state index in [0.29, 0.717) is 27.1 Å². The molecule has 0 radical (unpaired) electrons. The molecule has 0 amide bonds. The van der Waals surface area contributed by atoms with Gasteiger partial charge in [-0.15, -0.1) is 0 Å². The van der Waals surface area contributed by atoms with Crippen LogP contribution in [0.1, 0.15) is 18.5 Å². The van der Waals surface area contributed by atoms with Crippen LogP contribution < -0.4 is 10.5 Å². The number of aliphatic imine (C=N–C) groups is 1. The molecule has 0 unspecified atom stereocenters. The number of nitriles is 1. The van der Waals surface area contributed by atoms with Crippen LogP contribution in [0.25, 0.3) is 0 Å². The van der Waals surface area contributed by atoms with Crippen molar-refractivity contribution in [2.24, 2.45) is 10.7 Å². The number of nitrogens with zero attached hydrogens (tertiary/aromatic N) is 3. The lowest BCUT2D eigenvalue weighted by Crippen LogP contribution is -2.38. The predicted molar refractivity (Wildman–Crippen MR) is 102 cm³/mol. The molecule has 0 bridgehead atoms. The van der Waals surface area contributed by atoms with Crippen LogP contribution in [-0.2, 0) is 9.53 Å². The Balaban J connectivity index is 2.21. The molecule has 0 fully saturated rings. The molecule has 0 spiro atoms. The van der Waals surface area contributed by atoms with Crippen LogP contribution in [0.2, 0.25) is 0 Å². The molecule has 2 aliphatic rings. The maximum atomic E-state index is 12.5. The number of amidine groups is 1. The highest BCUT2D eigenvalue weighted by molar-refractivity contribution is 9.10. The van der Waals surface area contributed by atoms with E-state index >= 15 is 0 Å². The lowest BCUT2D eigenvalue weighted by atomic mass is 9.94. The first-order valence-electron chi connectivity index (χ1n) is 7.51. The monoisotopic (exact) mass is 434 g/mol. The van der Waals surface area contributed by atoms with Crippen molar-refractivity contribution >= 4 is 38.8 Å². The normalized spacial score (nSPS) is 19.1. The minimum Gasteiger partial charge on any atom is -0.496 e. The zero-order valence-electron chi connectivity index (χ0n) is 14.2. The summed E-state index contributed by atoms with van der Waals surface area (Å²) >= 11 is 4.65. The molecule has 1 atom stereocenters. The number of rotatable bonds is 3. The van der Waals surface area contributed by atoms with Crippen molar-refractivity contribution in [1.82, 2.24) is 4.90 Å². The zero-order valence-corrected chi connectivity index (χ0v) is 16.6. The summed E-state index contributed by atoms with van der Waals surface area (Å²) in [6, 6.07) is 7.01. The van der Waals surface area contributed by atoms with Crippen molar-refractivity contribution in [3.05, 3.63) is 50.2 Å². The molecule has 0 aliphatic carbocycles. The highest BCUT2D eigenvalue weighted by Crippen LogP contribution is 2.46. The second-order valence-electron chi connectivity index (χ2n) is 5.48. The Labute approximate surface area is 163 Å². The summed E-state index contributed by atoms with van der Waals surface area (Å²) in [6.07, 6.45) is 0. The average Bonchev–Trinajstić information content (AvgIpc) is 2.95. The minimum atomic E-state index is -0.560. The van der Waals surface area contributed by atoms with Crippen LogP contribution in [0, 0.1) is 11.3 Å². The van der Waals surface area contributed by atoms with Crippen LogP contribution >= 0.6 is 27.7 Å². The Morgan fingerprint density at radius 2 is 2.19 bits per heavy atom. The van der Waals surface area contributed by atoms with Gasteiger partial charge in [-0.3, -0.25) is 4.90 Å². The number of methoxy groups -OCH3 is 2. The molecular weight excluding hydrogens is 420 g/mol. The standard InChI is InChI=1S/C17H15BrN4O3S/c1-8-13(16(23)25-3)14(9-4-5-11(24-2)10(18)6-9)22-15(20)12(7-19)26-17(22)21-8/h4-6,14H,20H2,1-3H3/t14-/m1/s1. The molecule has 0 saturated carbocycles. The van der Waals surface area contributed by atoms with Crippen molar-refractivity contribution < 1.29 is 14.3 Å². The van der Waals surface area contributed by atoms with E-state index in [1.54, 1.807) is 25.0 Å². The first-order valence-corrected chi connectivity index (χ1v) is 9.12. The number of nitrogens with two attached hydrogens (primary N) is 1. The summed E-state index contributed by atoms with van der Waals surface area (Å²) in [4.78, 5) is 19.0. The van der Waals surface area contributed by atoms with Gasteiger partial charge in [0.25, 0.3) is 0 Å². The number of ether oxygens (including phenoxy) is 2. The van der Waals surface area contributed by atoms with E-state index in [2.05, 4.69) is 27.0 Å². The number of allylic oxidation sites excluding steroid dienone is 2. The highest BCUT2D eigenvalue weighted by atomic mass is 79.9. The third-order valence-electron chi connectivity index (χ3n) is 4.07. The maximum Gasteiger partial charge on any atom is 0.338 e. The molecule has 0 saturated heterocycles. The van der Waals surface area contributed by atoms with Crippen LogP contribution in [-0.4, -0.2) is 30.3 Å². The van der Waals surface area contributed by atoms with Crippen LogP contribution in [0.5, 0.6) is 5.75 Å². The topological polar surface area (TPSA) is 101 Å². The van der Waals surface area contributed by atoms with Crippen molar-refractivity contribution in [2.75, 3.05) is 14.2 Å². The quantitative estimate of drug-likeness (QED) is 0.729. The van der Waals surface area contributed by atoms with E-state index in [1.165, 1.54) is 18.9 Å². The fourth-order valence-electron chi connectivity index (χ4n) is 2.88. The lowest BCUT2D eigenvalue weighted by Gasteiger charge is -2.34. The number of esters is 1. The van der Waals surface area contributed by atoms with Crippen molar-refractivity contribution in [1.29, 1.82) is 5.26 Å². The van der Waals surface area contributed by atoms with E-state index in [4.69, 9.17) is 15.2 Å². The van der Waals surface area contributed by atoms with Crippen molar-refractivity contribution in [2.45, 2.75) is 13.0 Å². The van der Waals surface area contributed by atoms with E-state index in [0.717, 1.165) is 10.0 Å². The molecule has 134 valence electrons. The van der Waals surface area contributed by atoms with Gasteiger partial charge >= 0.3 is 5.97 Å². The second kappa shape index (κ2) is 7.05. The first kappa shape index (κ1) is 18.4. The lowest BCUT2D eigenvalue weighted by molar-refractivity contribution is -0.136. The van der Waals surface area contributed by atoms with E-state index in [9.17, 15) is 10.1 Å². The SMILES string of the molecule is COC(=O)C1=C(C)N=C2SC(C#N)=C(N)N2[C@@H]1c1ccc(OC)c(Br)c1. The van der Waals surface area contributed by atoms with E-state index in [-0.39, 0.29) is 5.82 Å². The number of halogens is 1. The molecule has 0 aromatic heterocycles. The Kier molecular flexibility index (Phi) is 4.98. The molecule has 9 heteroatoms. The van der Waals surface area contributed by atoms with Gasteiger partial charge in [0.15, 0.2) is 5.17 Å². The molecule has 1 aromatic rings. The molecule has 2 aliphatic heterocycles. The summed E-state index contributed by atoms with van der Waals surface area (Å²) < 4.78 is 11.0.